The van der Waals surface area contributed by atoms with Crippen LogP contribution in [-0.4, -0.2) is 30.8 Å². The van der Waals surface area contributed by atoms with Crippen LogP contribution in [0, 0.1) is 0 Å². The SMILES string of the molecule is O=C(CSc1nnc2n(Cc3ccco3)c(=O)c3sccc3n12)Nc1cccc(Cl)c1. The Balaban J connectivity index is 1.46. The third-order valence-electron chi connectivity index (χ3n) is 4.52. The molecule has 0 unspecified atom stereocenters. The van der Waals surface area contributed by atoms with Gasteiger partial charge in [0.2, 0.25) is 11.7 Å². The first-order valence-corrected chi connectivity index (χ1v) is 11.4. The number of halogens is 1. The monoisotopic (exact) mass is 471 g/mol. The molecule has 0 aliphatic carbocycles. The average Bonchev–Trinajstić information content (AvgIpc) is 3.50. The van der Waals surface area contributed by atoms with Crippen LogP contribution in [0.15, 0.2) is 68.5 Å². The Morgan fingerprint density at radius 2 is 2.13 bits per heavy atom. The lowest BCUT2D eigenvalue weighted by Crippen LogP contribution is -2.23. The number of nitrogens with zero attached hydrogens (tertiary/aromatic N) is 4. The fourth-order valence-corrected chi connectivity index (χ4v) is 4.94. The molecule has 0 atom stereocenters. The van der Waals surface area contributed by atoms with Crippen molar-refractivity contribution in [1.29, 1.82) is 0 Å². The van der Waals surface area contributed by atoms with E-state index in [2.05, 4.69) is 15.5 Å². The number of fused-ring (bicyclic) bond motifs is 3. The van der Waals surface area contributed by atoms with Crippen molar-refractivity contribution in [2.75, 3.05) is 11.1 Å². The first-order valence-electron chi connectivity index (χ1n) is 9.16. The summed E-state index contributed by atoms with van der Waals surface area (Å²) in [5.74, 6) is 0.952. The van der Waals surface area contributed by atoms with E-state index in [1.54, 1.807) is 47.1 Å². The van der Waals surface area contributed by atoms with Gasteiger partial charge in [-0.15, -0.1) is 21.5 Å². The molecule has 4 aromatic heterocycles. The molecule has 0 bridgehead atoms. The minimum atomic E-state index is -0.200. The van der Waals surface area contributed by atoms with Crippen LogP contribution in [0.4, 0.5) is 5.69 Å². The molecule has 0 fully saturated rings. The molecule has 0 spiro atoms. The summed E-state index contributed by atoms with van der Waals surface area (Å²) in [5, 5.41) is 14.2. The molecule has 0 saturated heterocycles. The van der Waals surface area contributed by atoms with Crippen molar-refractivity contribution in [3.63, 3.8) is 0 Å². The fraction of sp³-hybridized carbons (Fsp3) is 0.100. The summed E-state index contributed by atoms with van der Waals surface area (Å²) in [6.07, 6.45) is 1.56. The van der Waals surface area contributed by atoms with Gasteiger partial charge in [-0.3, -0.25) is 18.6 Å². The largest absolute Gasteiger partial charge is 0.467 e. The van der Waals surface area contributed by atoms with E-state index < -0.39 is 0 Å². The van der Waals surface area contributed by atoms with E-state index in [1.807, 2.05) is 11.4 Å². The molecule has 156 valence electrons. The van der Waals surface area contributed by atoms with Crippen LogP contribution in [-0.2, 0) is 11.3 Å². The molecule has 5 rings (SSSR count). The van der Waals surface area contributed by atoms with Gasteiger partial charge >= 0.3 is 0 Å². The van der Waals surface area contributed by atoms with E-state index in [4.69, 9.17) is 16.0 Å². The van der Waals surface area contributed by atoms with Gasteiger partial charge in [0, 0.05) is 10.7 Å². The minimum absolute atomic E-state index is 0.121. The van der Waals surface area contributed by atoms with Crippen LogP contribution in [0.3, 0.4) is 0 Å². The van der Waals surface area contributed by atoms with Gasteiger partial charge in [-0.25, -0.2) is 0 Å². The van der Waals surface area contributed by atoms with Crippen LogP contribution in [0.2, 0.25) is 5.02 Å². The molecule has 5 aromatic rings. The molecular weight excluding hydrogens is 458 g/mol. The third kappa shape index (κ3) is 3.85. The van der Waals surface area contributed by atoms with Gasteiger partial charge in [-0.1, -0.05) is 29.4 Å². The van der Waals surface area contributed by atoms with Crippen molar-refractivity contribution in [1.82, 2.24) is 19.2 Å². The molecule has 0 saturated carbocycles. The molecule has 4 heterocycles. The number of benzene rings is 1. The van der Waals surface area contributed by atoms with Gasteiger partial charge in [0.15, 0.2) is 5.16 Å². The van der Waals surface area contributed by atoms with Gasteiger partial charge < -0.3 is 9.73 Å². The van der Waals surface area contributed by atoms with Gasteiger partial charge in [0.25, 0.3) is 5.56 Å². The molecular formula is C20H14ClN5O3S2. The Bertz CT molecular complexity index is 1460. The number of rotatable bonds is 6. The molecule has 1 amide bonds. The number of aromatic nitrogens is 4. The van der Waals surface area contributed by atoms with E-state index in [1.165, 1.54) is 27.7 Å². The second-order valence-corrected chi connectivity index (χ2v) is 8.87. The third-order valence-corrected chi connectivity index (χ3v) is 6.57. The first-order chi connectivity index (χ1) is 15.1. The van der Waals surface area contributed by atoms with Crippen molar-refractivity contribution < 1.29 is 9.21 Å². The van der Waals surface area contributed by atoms with Gasteiger partial charge in [0.05, 0.1) is 24.1 Å². The van der Waals surface area contributed by atoms with Gasteiger partial charge in [0.1, 0.15) is 10.5 Å². The zero-order chi connectivity index (χ0) is 21.4. The Labute approximate surface area is 188 Å². The summed E-state index contributed by atoms with van der Waals surface area (Å²) in [6, 6.07) is 12.4. The summed E-state index contributed by atoms with van der Waals surface area (Å²) >= 11 is 8.56. The first kappa shape index (κ1) is 19.9. The summed E-state index contributed by atoms with van der Waals surface area (Å²) in [5.41, 5.74) is 1.18. The molecule has 1 N–H and O–H groups in total. The van der Waals surface area contributed by atoms with E-state index in [9.17, 15) is 9.59 Å². The van der Waals surface area contributed by atoms with Crippen molar-refractivity contribution in [2.45, 2.75) is 11.7 Å². The highest BCUT2D eigenvalue weighted by Gasteiger charge is 2.19. The van der Waals surface area contributed by atoms with Gasteiger partial charge in [-0.05, 0) is 41.8 Å². The van der Waals surface area contributed by atoms with Crippen LogP contribution in [0.5, 0.6) is 0 Å². The summed E-state index contributed by atoms with van der Waals surface area (Å²) in [6.45, 7) is 0.237. The number of amides is 1. The van der Waals surface area contributed by atoms with Crippen molar-refractivity contribution in [3.8, 4) is 0 Å². The number of carbonyl (C=O) groups is 1. The maximum absolute atomic E-state index is 13.0. The predicted molar refractivity (Wildman–Crippen MR) is 121 cm³/mol. The topological polar surface area (TPSA) is 94.4 Å². The number of thioether (sulfide) groups is 1. The normalized spacial score (nSPS) is 11.4. The number of furan rings is 1. The van der Waals surface area contributed by atoms with Crippen LogP contribution < -0.4 is 10.9 Å². The maximum atomic E-state index is 13.0. The van der Waals surface area contributed by atoms with E-state index in [-0.39, 0.29) is 23.8 Å². The van der Waals surface area contributed by atoms with Crippen molar-refractivity contribution >= 4 is 62.3 Å². The molecule has 1 aromatic carbocycles. The van der Waals surface area contributed by atoms with Crippen molar-refractivity contribution in [3.05, 3.63) is 75.2 Å². The Hall–Kier alpha value is -3.08. The van der Waals surface area contributed by atoms with Crippen LogP contribution in [0.1, 0.15) is 5.76 Å². The highest BCUT2D eigenvalue weighted by atomic mass is 35.5. The molecule has 11 heteroatoms. The molecule has 0 aliphatic rings. The molecule has 0 radical (unpaired) electrons. The average molecular weight is 472 g/mol. The standard InChI is InChI=1S/C20H14ClN5O3S2/c21-12-3-1-4-13(9-12)22-16(27)11-31-20-24-23-19-25(10-14-5-2-7-29-14)18(28)17-15(26(19)20)6-8-30-17/h1-9H,10-11H2,(H,22,27). The van der Waals surface area contributed by atoms with Crippen LogP contribution in [0.25, 0.3) is 16.0 Å². The number of thiophene rings is 1. The lowest BCUT2D eigenvalue weighted by Gasteiger charge is -2.08. The maximum Gasteiger partial charge on any atom is 0.273 e. The minimum Gasteiger partial charge on any atom is -0.467 e. The number of carbonyl (C=O) groups excluding carboxylic acids is 1. The summed E-state index contributed by atoms with van der Waals surface area (Å²) in [7, 11) is 0. The highest BCUT2D eigenvalue weighted by Crippen LogP contribution is 2.25. The highest BCUT2D eigenvalue weighted by molar-refractivity contribution is 7.99. The lowest BCUT2D eigenvalue weighted by molar-refractivity contribution is -0.113. The molecule has 8 nitrogen and oxygen atoms in total. The van der Waals surface area contributed by atoms with E-state index in [0.717, 1.165) is 0 Å². The zero-order valence-corrected chi connectivity index (χ0v) is 18.2. The van der Waals surface area contributed by atoms with Gasteiger partial charge in [-0.2, -0.15) is 0 Å². The number of anilines is 1. The lowest BCUT2D eigenvalue weighted by atomic mass is 10.3. The van der Waals surface area contributed by atoms with E-state index in [0.29, 0.717) is 37.6 Å². The fourth-order valence-electron chi connectivity index (χ4n) is 3.19. The predicted octanol–water partition coefficient (Wildman–Crippen LogP) is 4.13. The van der Waals surface area contributed by atoms with Crippen molar-refractivity contribution in [2.24, 2.45) is 0 Å². The number of hydrogen-bond donors (Lipinski definition) is 1. The van der Waals surface area contributed by atoms with E-state index >= 15 is 0 Å². The smallest absolute Gasteiger partial charge is 0.273 e. The molecule has 31 heavy (non-hydrogen) atoms. The molecule has 0 aliphatic heterocycles. The Morgan fingerprint density at radius 1 is 1.23 bits per heavy atom. The summed E-state index contributed by atoms with van der Waals surface area (Å²) in [4.78, 5) is 25.4. The zero-order valence-electron chi connectivity index (χ0n) is 15.8. The second kappa shape index (κ2) is 8.22. The Morgan fingerprint density at radius 3 is 2.94 bits per heavy atom. The number of hydrogen-bond acceptors (Lipinski definition) is 7. The number of nitrogens with one attached hydrogen (secondary N) is 1. The summed E-state index contributed by atoms with van der Waals surface area (Å²) < 4.78 is 9.32. The Kier molecular flexibility index (Phi) is 5.26. The van der Waals surface area contributed by atoms with Crippen LogP contribution >= 0.6 is 34.7 Å². The second-order valence-electron chi connectivity index (χ2n) is 6.57. The quantitative estimate of drug-likeness (QED) is 0.374.